The molecule has 1 unspecified atom stereocenters. The number of fused-ring (bicyclic) bond motifs is 1. The second-order valence-corrected chi connectivity index (χ2v) is 11.2. The van der Waals surface area contributed by atoms with E-state index in [1.807, 2.05) is 0 Å². The lowest BCUT2D eigenvalue weighted by atomic mass is 9.99. The van der Waals surface area contributed by atoms with Gasteiger partial charge in [-0.3, -0.25) is 14.3 Å². The minimum absolute atomic E-state index is 0.0183. The minimum atomic E-state index is -3.84. The highest BCUT2D eigenvalue weighted by Crippen LogP contribution is 2.38. The minimum Gasteiger partial charge on any atom is -0.341 e. The smallest absolute Gasteiger partial charge is 0.263 e. The van der Waals surface area contributed by atoms with Crippen LogP contribution in [0.3, 0.4) is 0 Å². The van der Waals surface area contributed by atoms with Crippen LogP contribution >= 0.6 is 23.1 Å². The average Bonchev–Trinajstić information content (AvgIpc) is 3.11. The fourth-order valence-corrected chi connectivity index (χ4v) is 6.41. The van der Waals surface area contributed by atoms with Crippen molar-refractivity contribution >= 4 is 55.8 Å². The molecule has 4 rings (SSSR count). The maximum atomic E-state index is 12.8. The van der Waals surface area contributed by atoms with Crippen molar-refractivity contribution in [3.8, 4) is 0 Å². The Hall–Kier alpha value is -2.11. The van der Waals surface area contributed by atoms with Crippen LogP contribution in [0.5, 0.6) is 0 Å². The summed E-state index contributed by atoms with van der Waals surface area (Å²) in [6, 6.07) is 4.50. The van der Waals surface area contributed by atoms with E-state index >= 15 is 0 Å². The van der Waals surface area contributed by atoms with Crippen LogP contribution < -0.4 is 10.0 Å². The zero-order chi connectivity index (χ0) is 21.5. The number of amides is 2. The number of aromatic nitrogens is 1. The van der Waals surface area contributed by atoms with Gasteiger partial charge in [-0.15, -0.1) is 23.1 Å². The van der Waals surface area contributed by atoms with Gasteiger partial charge >= 0.3 is 0 Å². The van der Waals surface area contributed by atoms with E-state index in [0.29, 0.717) is 29.6 Å². The molecular weight excluding hydrogens is 444 g/mol. The van der Waals surface area contributed by atoms with E-state index in [1.165, 1.54) is 35.2 Å². The van der Waals surface area contributed by atoms with Gasteiger partial charge in [0.25, 0.3) is 10.0 Å². The molecular formula is C19H22N4O4S3. The van der Waals surface area contributed by atoms with Gasteiger partial charge in [-0.05, 0) is 43.9 Å². The lowest BCUT2D eigenvalue weighted by Gasteiger charge is -2.33. The molecule has 3 heterocycles. The molecule has 0 bridgehead atoms. The van der Waals surface area contributed by atoms with Crippen LogP contribution in [-0.2, 0) is 19.6 Å². The van der Waals surface area contributed by atoms with Gasteiger partial charge < -0.3 is 10.2 Å². The van der Waals surface area contributed by atoms with Crippen molar-refractivity contribution in [1.29, 1.82) is 0 Å². The lowest BCUT2D eigenvalue weighted by Crippen LogP contribution is -2.47. The predicted octanol–water partition coefficient (Wildman–Crippen LogP) is 2.92. The predicted molar refractivity (Wildman–Crippen MR) is 117 cm³/mol. The van der Waals surface area contributed by atoms with E-state index < -0.39 is 21.2 Å². The molecule has 160 valence electrons. The Morgan fingerprint density at radius 3 is 2.70 bits per heavy atom. The number of nitrogens with one attached hydrogen (secondary N) is 2. The molecule has 0 radical (unpaired) electrons. The molecule has 1 aromatic carbocycles. The van der Waals surface area contributed by atoms with E-state index in [9.17, 15) is 18.0 Å². The standard InChI is InChI=1S/C19H22N4O4S3/c1-11-5-7-23(8-6-11)18(25)16-17(24)21-14-9-13(3-4-15(14)29-16)30(26,27)22-19-20-12(2)10-28-19/h3-4,9-11,16H,5-8H2,1-2H3,(H,20,22)(H,21,24). The molecule has 2 aromatic rings. The van der Waals surface area contributed by atoms with E-state index in [2.05, 4.69) is 21.9 Å². The van der Waals surface area contributed by atoms with Crippen molar-refractivity contribution < 1.29 is 18.0 Å². The molecule has 1 atom stereocenters. The number of thiazole rings is 1. The molecule has 2 aliphatic heterocycles. The summed E-state index contributed by atoms with van der Waals surface area (Å²) in [6.07, 6.45) is 1.88. The molecule has 2 amide bonds. The fourth-order valence-electron chi connectivity index (χ4n) is 3.39. The summed E-state index contributed by atoms with van der Waals surface area (Å²) >= 11 is 2.37. The van der Waals surface area contributed by atoms with E-state index in [1.54, 1.807) is 23.3 Å². The van der Waals surface area contributed by atoms with Crippen LogP contribution in [-0.4, -0.2) is 48.5 Å². The molecule has 30 heavy (non-hydrogen) atoms. The monoisotopic (exact) mass is 466 g/mol. The number of thioether (sulfide) groups is 1. The summed E-state index contributed by atoms with van der Waals surface area (Å²) in [4.78, 5) is 32.0. The third-order valence-electron chi connectivity index (χ3n) is 5.16. The number of carbonyl (C=O) groups is 2. The summed E-state index contributed by atoms with van der Waals surface area (Å²) in [5.74, 6) is -0.0217. The fraction of sp³-hybridized carbons (Fsp3) is 0.421. The normalized spacial score (nSPS) is 19.9. The zero-order valence-corrected chi connectivity index (χ0v) is 19.0. The average molecular weight is 467 g/mol. The Labute approximate surface area is 183 Å². The first-order valence-corrected chi connectivity index (χ1v) is 12.8. The second kappa shape index (κ2) is 8.20. The molecule has 0 saturated carbocycles. The number of sulfonamides is 1. The van der Waals surface area contributed by atoms with E-state index in [4.69, 9.17) is 0 Å². The summed E-state index contributed by atoms with van der Waals surface area (Å²) in [6.45, 7) is 5.27. The van der Waals surface area contributed by atoms with Gasteiger partial charge in [0.15, 0.2) is 10.4 Å². The zero-order valence-electron chi connectivity index (χ0n) is 16.5. The van der Waals surface area contributed by atoms with Gasteiger partial charge in [-0.25, -0.2) is 13.4 Å². The van der Waals surface area contributed by atoms with Gasteiger partial charge in [0.1, 0.15) is 0 Å². The van der Waals surface area contributed by atoms with Crippen molar-refractivity contribution in [3.05, 3.63) is 29.3 Å². The highest BCUT2D eigenvalue weighted by atomic mass is 32.2. The number of hydrogen-bond donors (Lipinski definition) is 2. The third kappa shape index (κ3) is 4.33. The number of anilines is 2. The first-order chi connectivity index (χ1) is 14.2. The molecule has 1 saturated heterocycles. The van der Waals surface area contributed by atoms with Crippen molar-refractivity contribution in [2.75, 3.05) is 23.1 Å². The third-order valence-corrected chi connectivity index (χ3v) is 8.77. The molecule has 8 nitrogen and oxygen atoms in total. The highest BCUT2D eigenvalue weighted by Gasteiger charge is 2.37. The van der Waals surface area contributed by atoms with Gasteiger partial charge in [-0.2, -0.15) is 0 Å². The molecule has 0 aliphatic carbocycles. The van der Waals surface area contributed by atoms with Crippen LogP contribution in [0, 0.1) is 12.8 Å². The Balaban J connectivity index is 1.51. The first-order valence-electron chi connectivity index (χ1n) is 9.58. The number of piperidine rings is 1. The van der Waals surface area contributed by atoms with Crippen LogP contribution in [0.2, 0.25) is 0 Å². The second-order valence-electron chi connectivity index (χ2n) is 7.55. The van der Waals surface area contributed by atoms with E-state index in [-0.39, 0.29) is 15.9 Å². The van der Waals surface area contributed by atoms with E-state index in [0.717, 1.165) is 18.5 Å². The largest absolute Gasteiger partial charge is 0.341 e. The molecule has 2 N–H and O–H groups in total. The molecule has 0 spiro atoms. The van der Waals surface area contributed by atoms with Gasteiger partial charge in [0, 0.05) is 23.4 Å². The summed E-state index contributed by atoms with van der Waals surface area (Å²) in [7, 11) is -3.84. The quantitative estimate of drug-likeness (QED) is 0.671. The van der Waals surface area contributed by atoms with Crippen LogP contribution in [0.25, 0.3) is 0 Å². The SMILES string of the molecule is Cc1csc(NS(=O)(=O)c2ccc3c(c2)NC(=O)C(C(=O)N2CCC(C)CC2)S3)n1. The van der Waals surface area contributed by atoms with Gasteiger partial charge in [0.05, 0.1) is 16.3 Å². The number of rotatable bonds is 4. The topological polar surface area (TPSA) is 108 Å². The number of likely N-dealkylation sites (tertiary alicyclic amines) is 1. The number of aryl methyl sites for hydroxylation is 1. The Morgan fingerprint density at radius 2 is 2.03 bits per heavy atom. The van der Waals surface area contributed by atoms with Crippen LogP contribution in [0.4, 0.5) is 10.8 Å². The maximum Gasteiger partial charge on any atom is 0.263 e. The van der Waals surface area contributed by atoms with Crippen molar-refractivity contribution in [3.63, 3.8) is 0 Å². The summed E-state index contributed by atoms with van der Waals surface area (Å²) < 4.78 is 27.8. The number of hydrogen-bond acceptors (Lipinski definition) is 7. The number of nitrogens with zero attached hydrogens (tertiary/aromatic N) is 2. The Kier molecular flexibility index (Phi) is 5.78. The van der Waals surface area contributed by atoms with Crippen molar-refractivity contribution in [2.24, 2.45) is 5.92 Å². The number of carbonyl (C=O) groups excluding carboxylic acids is 2. The number of benzene rings is 1. The molecule has 11 heteroatoms. The highest BCUT2D eigenvalue weighted by molar-refractivity contribution is 8.01. The van der Waals surface area contributed by atoms with Crippen molar-refractivity contribution in [1.82, 2.24) is 9.88 Å². The molecule has 1 fully saturated rings. The molecule has 1 aromatic heterocycles. The first kappa shape index (κ1) is 21.1. The summed E-state index contributed by atoms with van der Waals surface area (Å²) in [5, 5.41) is 3.88. The Bertz CT molecular complexity index is 1090. The van der Waals surface area contributed by atoms with Gasteiger partial charge in [0.2, 0.25) is 11.8 Å². The maximum absolute atomic E-state index is 12.8. The van der Waals surface area contributed by atoms with Gasteiger partial charge in [-0.1, -0.05) is 6.92 Å². The molecule has 2 aliphatic rings. The van der Waals surface area contributed by atoms with Crippen LogP contribution in [0.1, 0.15) is 25.5 Å². The lowest BCUT2D eigenvalue weighted by molar-refractivity contribution is -0.135. The van der Waals surface area contributed by atoms with Crippen LogP contribution in [0.15, 0.2) is 33.4 Å². The van der Waals surface area contributed by atoms with Crippen molar-refractivity contribution in [2.45, 2.75) is 41.7 Å². The Morgan fingerprint density at radius 1 is 1.30 bits per heavy atom. The summed E-state index contributed by atoms with van der Waals surface area (Å²) in [5.41, 5.74) is 1.12.